The molecular formula is C24H25N3O5S. The number of hydrogen-bond donors (Lipinski definition) is 2. The summed E-state index contributed by atoms with van der Waals surface area (Å²) in [5.41, 5.74) is 3.88. The van der Waals surface area contributed by atoms with E-state index in [0.717, 1.165) is 9.87 Å². The van der Waals surface area contributed by atoms with Crippen molar-refractivity contribution in [2.45, 2.75) is 11.3 Å². The topological polar surface area (TPSA) is 108 Å². The van der Waals surface area contributed by atoms with E-state index in [0.29, 0.717) is 17.7 Å². The van der Waals surface area contributed by atoms with E-state index >= 15 is 0 Å². The molecule has 0 fully saturated rings. The molecule has 9 heteroatoms. The maximum Gasteiger partial charge on any atom is 0.255 e. The van der Waals surface area contributed by atoms with Crippen LogP contribution in [0.5, 0.6) is 11.5 Å². The fourth-order valence-corrected chi connectivity index (χ4v) is 4.46. The number of benzene rings is 3. The molecule has 0 bridgehead atoms. The van der Waals surface area contributed by atoms with Gasteiger partial charge in [0.15, 0.2) is 0 Å². The fraction of sp³-hybridized carbons (Fsp3) is 0.167. The van der Waals surface area contributed by atoms with Crippen LogP contribution in [0.15, 0.2) is 88.9 Å². The summed E-state index contributed by atoms with van der Waals surface area (Å²) < 4.78 is 32.7. The summed E-state index contributed by atoms with van der Waals surface area (Å²) in [5, 5.41) is 13.4. The van der Waals surface area contributed by atoms with Gasteiger partial charge >= 0.3 is 0 Å². The predicted octanol–water partition coefficient (Wildman–Crippen LogP) is 2.78. The van der Waals surface area contributed by atoms with Gasteiger partial charge in [0.1, 0.15) is 11.5 Å². The van der Waals surface area contributed by atoms with Crippen molar-refractivity contribution in [2.24, 2.45) is 5.10 Å². The molecule has 0 heterocycles. The minimum Gasteiger partial charge on any atom is -0.508 e. The van der Waals surface area contributed by atoms with Gasteiger partial charge in [0.25, 0.3) is 5.91 Å². The predicted molar refractivity (Wildman–Crippen MR) is 126 cm³/mol. The number of carbonyl (C=O) groups excluding carboxylic acids is 1. The van der Waals surface area contributed by atoms with E-state index in [9.17, 15) is 18.3 Å². The summed E-state index contributed by atoms with van der Waals surface area (Å²) in [6, 6.07) is 21.8. The SMILES string of the molecule is COc1ccc(S(=O)(=O)N(CCc2ccccc2)CC(=O)N/N=C\c2cccc(O)c2)cc1. The summed E-state index contributed by atoms with van der Waals surface area (Å²) in [6.07, 6.45) is 1.81. The second kappa shape index (κ2) is 11.3. The van der Waals surface area contributed by atoms with Crippen LogP contribution in [-0.4, -0.2) is 50.2 Å². The standard InChI is InChI=1S/C24H25N3O5S/c1-32-22-10-12-23(13-11-22)33(30,31)27(15-14-19-6-3-2-4-7-19)18-24(29)26-25-17-20-8-5-9-21(28)16-20/h2-13,16-17,28H,14-15,18H2,1H3,(H,26,29)/b25-17-. The lowest BCUT2D eigenvalue weighted by Gasteiger charge is -2.21. The van der Waals surface area contributed by atoms with E-state index in [1.165, 1.54) is 37.6 Å². The van der Waals surface area contributed by atoms with E-state index < -0.39 is 22.5 Å². The summed E-state index contributed by atoms with van der Waals surface area (Å²) in [4.78, 5) is 12.6. The number of nitrogens with one attached hydrogen (secondary N) is 1. The van der Waals surface area contributed by atoms with Gasteiger partial charge in [-0.25, -0.2) is 13.8 Å². The largest absolute Gasteiger partial charge is 0.508 e. The molecule has 0 radical (unpaired) electrons. The molecular weight excluding hydrogens is 442 g/mol. The van der Waals surface area contributed by atoms with E-state index in [2.05, 4.69) is 10.5 Å². The molecule has 0 aromatic heterocycles. The molecule has 0 saturated heterocycles. The number of methoxy groups -OCH3 is 1. The maximum atomic E-state index is 13.3. The molecule has 33 heavy (non-hydrogen) atoms. The average molecular weight is 468 g/mol. The summed E-state index contributed by atoms with van der Waals surface area (Å²) >= 11 is 0. The molecule has 1 amide bonds. The van der Waals surface area contributed by atoms with Gasteiger partial charge < -0.3 is 9.84 Å². The first-order valence-electron chi connectivity index (χ1n) is 10.2. The Hall–Kier alpha value is -3.69. The summed E-state index contributed by atoms with van der Waals surface area (Å²) in [5.74, 6) is 0.0170. The van der Waals surface area contributed by atoms with Gasteiger partial charge in [0, 0.05) is 6.54 Å². The van der Waals surface area contributed by atoms with Crippen molar-refractivity contribution in [2.75, 3.05) is 20.2 Å². The third-order valence-electron chi connectivity index (χ3n) is 4.78. The van der Waals surface area contributed by atoms with Crippen molar-refractivity contribution < 1.29 is 23.1 Å². The van der Waals surface area contributed by atoms with Gasteiger partial charge in [-0.2, -0.15) is 9.41 Å². The smallest absolute Gasteiger partial charge is 0.255 e. The van der Waals surface area contributed by atoms with Crippen molar-refractivity contribution in [3.05, 3.63) is 90.0 Å². The zero-order valence-electron chi connectivity index (χ0n) is 18.1. The Balaban J connectivity index is 1.74. The first-order chi connectivity index (χ1) is 15.9. The first kappa shape index (κ1) is 24.0. The van der Waals surface area contributed by atoms with Gasteiger partial charge in [0.05, 0.1) is 24.8 Å². The van der Waals surface area contributed by atoms with Gasteiger partial charge in [-0.05, 0) is 53.9 Å². The number of hydrogen-bond acceptors (Lipinski definition) is 6. The quantitative estimate of drug-likeness (QED) is 0.352. The van der Waals surface area contributed by atoms with Crippen LogP contribution >= 0.6 is 0 Å². The lowest BCUT2D eigenvalue weighted by molar-refractivity contribution is -0.121. The highest BCUT2D eigenvalue weighted by Crippen LogP contribution is 2.20. The van der Waals surface area contributed by atoms with E-state index in [1.54, 1.807) is 24.3 Å². The Morgan fingerprint density at radius 2 is 1.79 bits per heavy atom. The van der Waals surface area contributed by atoms with Gasteiger partial charge in [-0.15, -0.1) is 0 Å². The molecule has 0 saturated carbocycles. The van der Waals surface area contributed by atoms with Crippen molar-refractivity contribution in [3.63, 3.8) is 0 Å². The molecule has 0 atom stereocenters. The molecule has 3 aromatic rings. The van der Waals surface area contributed by atoms with Crippen LogP contribution in [0.3, 0.4) is 0 Å². The molecule has 172 valence electrons. The summed E-state index contributed by atoms with van der Waals surface area (Å²) in [7, 11) is -2.44. The summed E-state index contributed by atoms with van der Waals surface area (Å²) in [6.45, 7) is -0.291. The third-order valence-corrected chi connectivity index (χ3v) is 6.64. The highest BCUT2D eigenvalue weighted by molar-refractivity contribution is 7.89. The van der Waals surface area contributed by atoms with Crippen LogP contribution in [-0.2, 0) is 21.2 Å². The first-order valence-corrected chi connectivity index (χ1v) is 11.6. The number of rotatable bonds is 10. The Morgan fingerprint density at radius 3 is 2.45 bits per heavy atom. The molecule has 0 aliphatic heterocycles. The van der Waals surface area contributed by atoms with Gasteiger partial charge in [0.2, 0.25) is 10.0 Å². The lowest BCUT2D eigenvalue weighted by atomic mass is 10.1. The zero-order chi connectivity index (χ0) is 23.7. The second-order valence-corrected chi connectivity index (χ2v) is 9.08. The third kappa shape index (κ3) is 6.90. The van der Waals surface area contributed by atoms with Crippen molar-refractivity contribution in [3.8, 4) is 11.5 Å². The molecule has 3 rings (SSSR count). The molecule has 0 unspecified atom stereocenters. The van der Waals surface area contributed by atoms with E-state index in [1.807, 2.05) is 30.3 Å². The number of ether oxygens (including phenoxy) is 1. The van der Waals surface area contributed by atoms with Crippen LogP contribution < -0.4 is 10.2 Å². The lowest BCUT2D eigenvalue weighted by Crippen LogP contribution is -2.40. The number of sulfonamides is 1. The minimum atomic E-state index is -3.94. The highest BCUT2D eigenvalue weighted by atomic mass is 32.2. The maximum absolute atomic E-state index is 13.3. The Labute approximate surface area is 193 Å². The van der Waals surface area contributed by atoms with Gasteiger partial charge in [-0.3, -0.25) is 4.79 Å². The van der Waals surface area contributed by atoms with Crippen LogP contribution in [0.1, 0.15) is 11.1 Å². The number of carbonyl (C=O) groups is 1. The van der Waals surface area contributed by atoms with Gasteiger partial charge in [-0.1, -0.05) is 42.5 Å². The number of aromatic hydroxyl groups is 1. The number of amides is 1. The molecule has 0 aliphatic carbocycles. The van der Waals surface area contributed by atoms with E-state index in [-0.39, 0.29) is 17.2 Å². The normalized spacial score (nSPS) is 11.6. The molecule has 8 nitrogen and oxygen atoms in total. The molecule has 2 N–H and O–H groups in total. The Kier molecular flexibility index (Phi) is 8.17. The zero-order valence-corrected chi connectivity index (χ0v) is 18.9. The van der Waals surface area contributed by atoms with Crippen LogP contribution in [0.4, 0.5) is 0 Å². The molecule has 3 aromatic carbocycles. The Morgan fingerprint density at radius 1 is 1.06 bits per heavy atom. The number of phenolic OH excluding ortho intramolecular Hbond substituents is 1. The van der Waals surface area contributed by atoms with Crippen molar-refractivity contribution in [1.29, 1.82) is 0 Å². The van der Waals surface area contributed by atoms with E-state index in [4.69, 9.17) is 4.74 Å². The minimum absolute atomic E-state index is 0.0624. The van der Waals surface area contributed by atoms with Crippen molar-refractivity contribution >= 4 is 22.1 Å². The second-order valence-electron chi connectivity index (χ2n) is 7.14. The number of nitrogens with zero attached hydrogens (tertiary/aromatic N) is 2. The fourth-order valence-electron chi connectivity index (χ4n) is 3.06. The molecule has 0 spiro atoms. The number of hydrazone groups is 1. The number of phenols is 1. The van der Waals surface area contributed by atoms with Crippen LogP contribution in [0.25, 0.3) is 0 Å². The Bertz CT molecular complexity index is 1200. The highest BCUT2D eigenvalue weighted by Gasteiger charge is 2.26. The molecule has 0 aliphatic rings. The average Bonchev–Trinajstić information content (AvgIpc) is 2.82. The van der Waals surface area contributed by atoms with Crippen molar-refractivity contribution in [1.82, 2.24) is 9.73 Å². The van der Waals surface area contributed by atoms with Crippen LogP contribution in [0, 0.1) is 0 Å². The van der Waals surface area contributed by atoms with Crippen LogP contribution in [0.2, 0.25) is 0 Å². The monoisotopic (exact) mass is 467 g/mol.